The normalized spacial score (nSPS) is 14.7. The molecule has 1 saturated heterocycles. The zero-order valence-electron chi connectivity index (χ0n) is 17.6. The Balaban J connectivity index is 1.28. The van der Waals surface area contributed by atoms with Gasteiger partial charge < -0.3 is 9.80 Å². The van der Waals surface area contributed by atoms with Gasteiger partial charge in [-0.25, -0.2) is 13.1 Å². The Morgan fingerprint density at radius 1 is 0.903 bits per heavy atom. The van der Waals surface area contributed by atoms with E-state index in [1.54, 1.807) is 18.2 Å². The van der Waals surface area contributed by atoms with Gasteiger partial charge in [-0.05, 0) is 47.5 Å². The van der Waals surface area contributed by atoms with Crippen LogP contribution in [0.15, 0.2) is 71.6 Å². The fourth-order valence-electron chi connectivity index (χ4n) is 3.91. The number of carbonyl (C=O) groups is 1. The third-order valence-electron chi connectivity index (χ3n) is 5.66. The van der Waals surface area contributed by atoms with E-state index in [1.807, 2.05) is 35.2 Å². The van der Waals surface area contributed by atoms with Gasteiger partial charge in [0.15, 0.2) is 0 Å². The number of piperazine rings is 1. The molecule has 1 amide bonds. The SMILES string of the molecule is Cc1cccc(N2CCN(C(=O)CCNS(=O)(=O)c3ccc4ccccc4c3)CC2)c1. The molecule has 0 aliphatic carbocycles. The molecule has 31 heavy (non-hydrogen) atoms. The number of sulfonamides is 1. The van der Waals surface area contributed by atoms with Crippen molar-refractivity contribution in [2.75, 3.05) is 37.6 Å². The summed E-state index contributed by atoms with van der Waals surface area (Å²) in [5.41, 5.74) is 2.39. The predicted octanol–water partition coefficient (Wildman–Crippen LogP) is 3.17. The van der Waals surface area contributed by atoms with Crippen molar-refractivity contribution in [2.45, 2.75) is 18.2 Å². The number of amides is 1. The maximum atomic E-state index is 12.6. The highest BCUT2D eigenvalue weighted by Gasteiger charge is 2.22. The quantitative estimate of drug-likeness (QED) is 0.643. The van der Waals surface area contributed by atoms with Crippen molar-refractivity contribution >= 4 is 32.4 Å². The van der Waals surface area contributed by atoms with Crippen molar-refractivity contribution in [1.29, 1.82) is 0 Å². The number of hydrogen-bond acceptors (Lipinski definition) is 4. The topological polar surface area (TPSA) is 69.7 Å². The van der Waals surface area contributed by atoms with Crippen molar-refractivity contribution < 1.29 is 13.2 Å². The van der Waals surface area contributed by atoms with E-state index in [4.69, 9.17) is 0 Å². The molecule has 0 spiro atoms. The number of benzene rings is 3. The Morgan fingerprint density at radius 3 is 2.39 bits per heavy atom. The first-order chi connectivity index (χ1) is 14.9. The largest absolute Gasteiger partial charge is 0.368 e. The van der Waals surface area contributed by atoms with E-state index in [1.165, 1.54) is 11.3 Å². The molecule has 3 aromatic carbocycles. The van der Waals surface area contributed by atoms with Crippen LogP contribution >= 0.6 is 0 Å². The van der Waals surface area contributed by atoms with E-state index >= 15 is 0 Å². The summed E-state index contributed by atoms with van der Waals surface area (Å²) in [6.45, 7) is 5.00. The molecular formula is C24H27N3O3S. The van der Waals surface area contributed by atoms with Crippen LogP contribution in [0.4, 0.5) is 5.69 Å². The lowest BCUT2D eigenvalue weighted by atomic mass is 10.1. The number of fused-ring (bicyclic) bond motifs is 1. The second-order valence-corrected chi connectivity index (χ2v) is 9.63. The third kappa shape index (κ3) is 5.06. The molecule has 3 aromatic rings. The summed E-state index contributed by atoms with van der Waals surface area (Å²) in [6, 6.07) is 21.0. The maximum Gasteiger partial charge on any atom is 0.240 e. The Morgan fingerprint density at radius 2 is 1.65 bits per heavy atom. The minimum absolute atomic E-state index is 0.0231. The lowest BCUT2D eigenvalue weighted by molar-refractivity contribution is -0.131. The highest BCUT2D eigenvalue weighted by Crippen LogP contribution is 2.20. The Kier molecular flexibility index (Phi) is 6.25. The molecule has 1 aliphatic rings. The molecule has 1 aliphatic heterocycles. The number of aryl methyl sites for hydroxylation is 1. The predicted molar refractivity (Wildman–Crippen MR) is 124 cm³/mol. The molecule has 0 radical (unpaired) electrons. The van der Waals surface area contributed by atoms with Crippen LogP contribution in [0.2, 0.25) is 0 Å². The molecule has 0 unspecified atom stereocenters. The fraction of sp³-hybridized carbons (Fsp3) is 0.292. The Bertz CT molecular complexity index is 1190. The number of anilines is 1. The average Bonchev–Trinajstić information content (AvgIpc) is 2.78. The molecule has 0 bridgehead atoms. The van der Waals surface area contributed by atoms with Crippen molar-refractivity contribution in [3.05, 3.63) is 72.3 Å². The number of rotatable bonds is 6. The van der Waals surface area contributed by atoms with Crippen LogP contribution in [0.25, 0.3) is 10.8 Å². The molecule has 4 rings (SSSR count). The molecule has 162 valence electrons. The minimum atomic E-state index is -3.66. The lowest BCUT2D eigenvalue weighted by Gasteiger charge is -2.36. The summed E-state index contributed by atoms with van der Waals surface area (Å²) >= 11 is 0. The minimum Gasteiger partial charge on any atom is -0.368 e. The standard InChI is InChI=1S/C24H27N3O3S/c1-19-5-4-8-22(17-19)26-13-15-27(16-14-26)24(28)11-12-25-31(29,30)23-10-9-20-6-2-3-7-21(20)18-23/h2-10,17-18,25H,11-16H2,1H3. The monoisotopic (exact) mass is 437 g/mol. The van der Waals surface area contributed by atoms with Gasteiger partial charge >= 0.3 is 0 Å². The highest BCUT2D eigenvalue weighted by atomic mass is 32.2. The molecular weight excluding hydrogens is 410 g/mol. The molecule has 7 heteroatoms. The van der Waals surface area contributed by atoms with E-state index in [0.29, 0.717) is 13.1 Å². The zero-order valence-corrected chi connectivity index (χ0v) is 18.4. The van der Waals surface area contributed by atoms with Gasteiger partial charge in [0, 0.05) is 44.8 Å². The summed E-state index contributed by atoms with van der Waals surface area (Å²) in [5.74, 6) is -0.0231. The van der Waals surface area contributed by atoms with Gasteiger partial charge in [0.1, 0.15) is 0 Å². The third-order valence-corrected chi connectivity index (χ3v) is 7.12. The van der Waals surface area contributed by atoms with Crippen LogP contribution in [-0.4, -0.2) is 51.9 Å². The lowest BCUT2D eigenvalue weighted by Crippen LogP contribution is -2.49. The van der Waals surface area contributed by atoms with E-state index in [2.05, 4.69) is 34.7 Å². The second kappa shape index (κ2) is 9.08. The van der Waals surface area contributed by atoms with Crippen molar-refractivity contribution in [3.8, 4) is 0 Å². The van der Waals surface area contributed by atoms with Gasteiger partial charge in [-0.2, -0.15) is 0 Å². The van der Waals surface area contributed by atoms with Gasteiger partial charge in [0.25, 0.3) is 0 Å². The molecule has 0 atom stereocenters. The second-order valence-electron chi connectivity index (χ2n) is 7.86. The van der Waals surface area contributed by atoms with Crippen LogP contribution in [0.5, 0.6) is 0 Å². The first-order valence-corrected chi connectivity index (χ1v) is 12.0. The number of nitrogens with zero attached hydrogens (tertiary/aromatic N) is 2. The molecule has 1 fully saturated rings. The van der Waals surface area contributed by atoms with Crippen LogP contribution in [0, 0.1) is 6.92 Å². The van der Waals surface area contributed by atoms with E-state index in [0.717, 1.165) is 23.9 Å². The number of hydrogen-bond donors (Lipinski definition) is 1. The summed E-state index contributed by atoms with van der Waals surface area (Å²) in [5, 5.41) is 1.86. The van der Waals surface area contributed by atoms with Crippen LogP contribution in [0.3, 0.4) is 0 Å². The van der Waals surface area contributed by atoms with Crippen molar-refractivity contribution in [2.24, 2.45) is 0 Å². The van der Waals surface area contributed by atoms with Gasteiger partial charge in [0.05, 0.1) is 4.90 Å². The van der Waals surface area contributed by atoms with Gasteiger partial charge in [-0.3, -0.25) is 4.79 Å². The summed E-state index contributed by atoms with van der Waals surface area (Å²) < 4.78 is 27.8. The number of carbonyl (C=O) groups excluding carboxylic acids is 1. The molecule has 0 saturated carbocycles. The first kappa shape index (κ1) is 21.3. The van der Waals surface area contributed by atoms with Crippen LogP contribution in [-0.2, 0) is 14.8 Å². The van der Waals surface area contributed by atoms with E-state index in [-0.39, 0.29) is 23.8 Å². The van der Waals surface area contributed by atoms with Gasteiger partial charge in [-0.1, -0.05) is 42.5 Å². The van der Waals surface area contributed by atoms with E-state index < -0.39 is 10.0 Å². The fourth-order valence-corrected chi connectivity index (χ4v) is 4.97. The molecule has 0 aromatic heterocycles. The highest BCUT2D eigenvalue weighted by molar-refractivity contribution is 7.89. The smallest absolute Gasteiger partial charge is 0.240 e. The summed E-state index contributed by atoms with van der Waals surface area (Å²) in [7, 11) is -3.66. The summed E-state index contributed by atoms with van der Waals surface area (Å²) in [4.78, 5) is 16.9. The van der Waals surface area contributed by atoms with Gasteiger partial charge in [-0.15, -0.1) is 0 Å². The molecule has 1 N–H and O–H groups in total. The first-order valence-electron chi connectivity index (χ1n) is 10.5. The number of nitrogens with one attached hydrogen (secondary N) is 1. The zero-order chi connectivity index (χ0) is 21.8. The van der Waals surface area contributed by atoms with Gasteiger partial charge in [0.2, 0.25) is 15.9 Å². The molecule has 6 nitrogen and oxygen atoms in total. The Hall–Kier alpha value is -2.90. The summed E-state index contributed by atoms with van der Waals surface area (Å²) in [6.07, 6.45) is 0.150. The average molecular weight is 438 g/mol. The van der Waals surface area contributed by atoms with Crippen LogP contribution < -0.4 is 9.62 Å². The Labute approximate surface area is 183 Å². The van der Waals surface area contributed by atoms with Crippen molar-refractivity contribution in [3.63, 3.8) is 0 Å². The maximum absolute atomic E-state index is 12.6. The van der Waals surface area contributed by atoms with Crippen LogP contribution in [0.1, 0.15) is 12.0 Å². The van der Waals surface area contributed by atoms with E-state index in [9.17, 15) is 13.2 Å². The van der Waals surface area contributed by atoms with Crippen molar-refractivity contribution in [1.82, 2.24) is 9.62 Å². The molecule has 1 heterocycles.